The van der Waals surface area contributed by atoms with Crippen molar-refractivity contribution in [1.82, 2.24) is 30.0 Å². The monoisotopic (exact) mass is 474 g/mol. The van der Waals surface area contributed by atoms with Crippen LogP contribution in [0.15, 0.2) is 24.3 Å². The highest BCUT2D eigenvalue weighted by molar-refractivity contribution is 5.58. The van der Waals surface area contributed by atoms with E-state index in [9.17, 15) is 0 Å². The van der Waals surface area contributed by atoms with Crippen LogP contribution >= 0.6 is 0 Å². The van der Waals surface area contributed by atoms with E-state index in [1.807, 2.05) is 13.1 Å². The van der Waals surface area contributed by atoms with Crippen LogP contribution in [-0.4, -0.2) is 57.6 Å². The number of hydrogen-bond acceptors (Lipinski definition) is 8. The van der Waals surface area contributed by atoms with Gasteiger partial charge in [-0.3, -0.25) is 0 Å². The fourth-order valence-corrected chi connectivity index (χ4v) is 5.68. The lowest BCUT2D eigenvalue weighted by Gasteiger charge is -2.34. The summed E-state index contributed by atoms with van der Waals surface area (Å²) in [6, 6.07) is 8.82. The Morgan fingerprint density at radius 3 is 2.86 bits per heavy atom. The summed E-state index contributed by atoms with van der Waals surface area (Å²) < 4.78 is 7.92. The van der Waals surface area contributed by atoms with Crippen LogP contribution < -0.4 is 15.1 Å². The standard InChI is InChI=1S/C26H34N8O/c1-17-16-35-11-10-33(17)24-12-18-14-32(15-19(18)21(29-24)13-27-4)22-7-5-6-20(28-22)25-31-30-23-8-9-26(2,3)34(23)25/h5-7,12,17,27H,8-11,13-16H2,1-4H3/t17-/m1/s1. The first-order chi connectivity index (χ1) is 16.9. The number of fused-ring (bicyclic) bond motifs is 2. The zero-order valence-corrected chi connectivity index (χ0v) is 21.1. The van der Waals surface area contributed by atoms with Crippen molar-refractivity contribution in [3.8, 4) is 11.5 Å². The molecule has 3 aliphatic heterocycles. The summed E-state index contributed by atoms with van der Waals surface area (Å²) in [4.78, 5) is 14.9. The van der Waals surface area contributed by atoms with Crippen molar-refractivity contribution in [3.63, 3.8) is 0 Å². The molecular formula is C26H34N8O. The van der Waals surface area contributed by atoms with Crippen LogP contribution in [0, 0.1) is 0 Å². The second-order valence-electron chi connectivity index (χ2n) is 10.5. The summed E-state index contributed by atoms with van der Waals surface area (Å²) in [6.45, 7) is 11.4. The fraction of sp³-hybridized carbons (Fsp3) is 0.538. The van der Waals surface area contributed by atoms with E-state index in [-0.39, 0.29) is 5.54 Å². The van der Waals surface area contributed by atoms with E-state index in [1.54, 1.807) is 0 Å². The van der Waals surface area contributed by atoms with Crippen LogP contribution in [-0.2, 0) is 36.3 Å². The minimum Gasteiger partial charge on any atom is -0.377 e. The molecule has 1 fully saturated rings. The summed E-state index contributed by atoms with van der Waals surface area (Å²) >= 11 is 0. The molecule has 0 bridgehead atoms. The molecule has 3 aliphatic rings. The smallest absolute Gasteiger partial charge is 0.183 e. The highest BCUT2D eigenvalue weighted by Gasteiger charge is 2.34. The highest BCUT2D eigenvalue weighted by Crippen LogP contribution is 2.36. The van der Waals surface area contributed by atoms with Crippen molar-refractivity contribution in [2.75, 3.05) is 36.6 Å². The number of ether oxygens (including phenoxy) is 1. The predicted molar refractivity (Wildman–Crippen MR) is 135 cm³/mol. The molecule has 184 valence electrons. The Labute approximate surface area is 206 Å². The number of aryl methyl sites for hydroxylation is 1. The minimum absolute atomic E-state index is 0.0104. The van der Waals surface area contributed by atoms with Crippen molar-refractivity contribution in [2.45, 2.75) is 64.8 Å². The van der Waals surface area contributed by atoms with Gasteiger partial charge in [0, 0.05) is 38.1 Å². The molecule has 1 N–H and O–H groups in total. The van der Waals surface area contributed by atoms with Gasteiger partial charge in [0.2, 0.25) is 0 Å². The van der Waals surface area contributed by atoms with E-state index in [4.69, 9.17) is 14.7 Å². The van der Waals surface area contributed by atoms with Gasteiger partial charge in [-0.25, -0.2) is 9.97 Å². The normalized spacial score (nSPS) is 20.9. The molecule has 1 saturated heterocycles. The Morgan fingerprint density at radius 1 is 1.14 bits per heavy atom. The molecule has 0 aromatic carbocycles. The zero-order valence-electron chi connectivity index (χ0n) is 21.1. The third-order valence-electron chi connectivity index (χ3n) is 7.59. The van der Waals surface area contributed by atoms with Gasteiger partial charge in [-0.15, -0.1) is 10.2 Å². The van der Waals surface area contributed by atoms with Gasteiger partial charge in [0.1, 0.15) is 23.2 Å². The number of nitrogens with one attached hydrogen (secondary N) is 1. The molecule has 0 saturated carbocycles. The lowest BCUT2D eigenvalue weighted by molar-refractivity contribution is 0.0985. The van der Waals surface area contributed by atoms with Crippen molar-refractivity contribution in [1.29, 1.82) is 0 Å². The molecule has 3 aromatic rings. The van der Waals surface area contributed by atoms with Gasteiger partial charge in [0.25, 0.3) is 0 Å². The molecule has 6 heterocycles. The summed E-state index contributed by atoms with van der Waals surface area (Å²) in [5.41, 5.74) is 4.64. The first-order valence-electron chi connectivity index (χ1n) is 12.6. The third-order valence-corrected chi connectivity index (χ3v) is 7.59. The SMILES string of the molecule is CNCc1nc(N2CCOC[C@H]2C)cc2c1CN(c1cccc(-c3nnc4n3C(C)(C)CC4)n1)C2. The molecule has 0 aliphatic carbocycles. The molecule has 0 unspecified atom stereocenters. The molecule has 35 heavy (non-hydrogen) atoms. The molecule has 9 heteroatoms. The van der Waals surface area contributed by atoms with Crippen LogP contribution in [0.25, 0.3) is 11.5 Å². The topological polar surface area (TPSA) is 84.2 Å². The minimum atomic E-state index is 0.0104. The maximum Gasteiger partial charge on any atom is 0.183 e. The number of pyridine rings is 2. The number of morpholine rings is 1. The van der Waals surface area contributed by atoms with Gasteiger partial charge < -0.3 is 24.4 Å². The molecule has 1 atom stereocenters. The second kappa shape index (κ2) is 8.57. The Morgan fingerprint density at radius 2 is 2.03 bits per heavy atom. The summed E-state index contributed by atoms with van der Waals surface area (Å²) in [5.74, 6) is 3.93. The van der Waals surface area contributed by atoms with Gasteiger partial charge in [0.05, 0.1) is 24.9 Å². The number of hydrogen-bond donors (Lipinski definition) is 1. The maximum absolute atomic E-state index is 5.65. The molecule has 6 rings (SSSR count). The zero-order chi connectivity index (χ0) is 24.2. The molecule has 0 radical (unpaired) electrons. The van der Waals surface area contributed by atoms with Gasteiger partial charge in [-0.05, 0) is 63.6 Å². The Hall–Kier alpha value is -3.04. The number of anilines is 2. The van der Waals surface area contributed by atoms with Crippen molar-refractivity contribution >= 4 is 11.6 Å². The second-order valence-corrected chi connectivity index (χ2v) is 10.5. The van der Waals surface area contributed by atoms with Crippen molar-refractivity contribution < 1.29 is 4.74 Å². The van der Waals surface area contributed by atoms with E-state index < -0.39 is 0 Å². The first-order valence-corrected chi connectivity index (χ1v) is 12.6. The largest absolute Gasteiger partial charge is 0.377 e. The van der Waals surface area contributed by atoms with Crippen LogP contribution in [0.4, 0.5) is 11.6 Å². The number of aromatic nitrogens is 5. The Balaban J connectivity index is 1.32. The lowest BCUT2D eigenvalue weighted by atomic mass is 10.0. The Kier molecular flexibility index (Phi) is 5.49. The van der Waals surface area contributed by atoms with E-state index >= 15 is 0 Å². The van der Waals surface area contributed by atoms with E-state index in [2.05, 4.69) is 68.9 Å². The van der Waals surface area contributed by atoms with Crippen LogP contribution in [0.2, 0.25) is 0 Å². The molecule has 9 nitrogen and oxygen atoms in total. The van der Waals surface area contributed by atoms with E-state index in [0.717, 1.165) is 86.9 Å². The van der Waals surface area contributed by atoms with Gasteiger partial charge >= 0.3 is 0 Å². The van der Waals surface area contributed by atoms with Crippen molar-refractivity contribution in [3.05, 3.63) is 46.9 Å². The molecular weight excluding hydrogens is 440 g/mol. The van der Waals surface area contributed by atoms with Crippen LogP contribution in [0.1, 0.15) is 49.8 Å². The van der Waals surface area contributed by atoms with Crippen molar-refractivity contribution in [2.24, 2.45) is 0 Å². The average Bonchev–Trinajstić information content (AvgIpc) is 3.55. The van der Waals surface area contributed by atoms with Crippen LogP contribution in [0.5, 0.6) is 0 Å². The molecule has 0 amide bonds. The predicted octanol–water partition coefficient (Wildman–Crippen LogP) is 2.88. The average molecular weight is 475 g/mol. The maximum atomic E-state index is 5.65. The molecule has 3 aromatic heterocycles. The van der Waals surface area contributed by atoms with Gasteiger partial charge in [-0.2, -0.15) is 0 Å². The lowest BCUT2D eigenvalue weighted by Crippen LogP contribution is -2.44. The highest BCUT2D eigenvalue weighted by atomic mass is 16.5. The summed E-state index contributed by atoms with van der Waals surface area (Å²) in [5, 5.41) is 12.3. The first kappa shape index (κ1) is 22.4. The van der Waals surface area contributed by atoms with E-state index in [0.29, 0.717) is 6.04 Å². The fourth-order valence-electron chi connectivity index (χ4n) is 5.68. The Bertz CT molecular complexity index is 1250. The number of nitrogens with zero attached hydrogens (tertiary/aromatic N) is 7. The summed E-state index contributed by atoms with van der Waals surface area (Å²) in [7, 11) is 1.98. The quantitative estimate of drug-likeness (QED) is 0.604. The van der Waals surface area contributed by atoms with Crippen LogP contribution in [0.3, 0.4) is 0 Å². The molecule has 0 spiro atoms. The van der Waals surface area contributed by atoms with E-state index in [1.165, 1.54) is 11.1 Å². The van der Waals surface area contributed by atoms with Gasteiger partial charge in [-0.1, -0.05) is 6.07 Å². The number of rotatable bonds is 5. The third kappa shape index (κ3) is 3.87. The van der Waals surface area contributed by atoms with Gasteiger partial charge in [0.15, 0.2) is 5.82 Å². The summed E-state index contributed by atoms with van der Waals surface area (Å²) in [6.07, 6.45) is 2.05.